The highest BCUT2D eigenvalue weighted by atomic mass is 127. The summed E-state index contributed by atoms with van der Waals surface area (Å²) in [6, 6.07) is 0. The lowest BCUT2D eigenvalue weighted by atomic mass is 9.99. The van der Waals surface area contributed by atoms with Crippen molar-refractivity contribution in [2.75, 3.05) is 45.6 Å². The largest absolute Gasteiger partial charge is 0.444 e. The highest BCUT2D eigenvalue weighted by molar-refractivity contribution is 14.0. The monoisotopic (exact) mass is 502 g/mol. The van der Waals surface area contributed by atoms with Crippen LogP contribution in [-0.4, -0.2) is 68.0 Å². The van der Waals surface area contributed by atoms with Crippen LogP contribution in [-0.2, 0) is 9.47 Å². The lowest BCUT2D eigenvalue weighted by Gasteiger charge is -2.34. The second-order valence-electron chi connectivity index (χ2n) is 7.05. The van der Waals surface area contributed by atoms with Gasteiger partial charge in [-0.15, -0.1) is 24.0 Å². The van der Waals surface area contributed by atoms with Gasteiger partial charge >= 0.3 is 6.09 Å². The summed E-state index contributed by atoms with van der Waals surface area (Å²) < 4.78 is 10.8. The molecule has 0 unspecified atom stereocenters. The minimum Gasteiger partial charge on any atom is -0.444 e. The normalized spacial score (nSPS) is 17.0. The van der Waals surface area contributed by atoms with Gasteiger partial charge in [0.15, 0.2) is 5.96 Å². The lowest BCUT2D eigenvalue weighted by Crippen LogP contribution is -2.44. The summed E-state index contributed by atoms with van der Waals surface area (Å²) in [7, 11) is 0. The second kappa shape index (κ2) is 12.9. The molecule has 0 spiro atoms. The third-order valence-corrected chi connectivity index (χ3v) is 5.20. The summed E-state index contributed by atoms with van der Waals surface area (Å²) >= 11 is 1.87. The van der Waals surface area contributed by atoms with Crippen molar-refractivity contribution < 1.29 is 14.3 Å². The van der Waals surface area contributed by atoms with Gasteiger partial charge in [-0.05, 0) is 46.8 Å². The van der Waals surface area contributed by atoms with E-state index in [-0.39, 0.29) is 28.7 Å². The number of aliphatic imine (C=N–C) groups is 1. The summed E-state index contributed by atoms with van der Waals surface area (Å²) in [6.07, 6.45) is 3.79. The second-order valence-corrected chi connectivity index (χ2v) is 8.32. The number of thioether (sulfide) groups is 1. The first-order chi connectivity index (χ1) is 11.8. The minimum absolute atomic E-state index is 0. The smallest absolute Gasteiger partial charge is 0.407 e. The average molecular weight is 502 g/mol. The van der Waals surface area contributed by atoms with Gasteiger partial charge in [0.25, 0.3) is 0 Å². The molecule has 1 rings (SSSR count). The number of amides is 1. The van der Waals surface area contributed by atoms with Gasteiger partial charge in [-0.3, -0.25) is 4.99 Å². The zero-order valence-corrected chi connectivity index (χ0v) is 19.8. The molecule has 0 radical (unpaired) electrons. The van der Waals surface area contributed by atoms with Gasteiger partial charge in [0.2, 0.25) is 0 Å². The van der Waals surface area contributed by atoms with Crippen molar-refractivity contribution in [3.63, 3.8) is 0 Å². The fourth-order valence-electron chi connectivity index (χ4n) is 2.39. The van der Waals surface area contributed by atoms with E-state index >= 15 is 0 Å². The van der Waals surface area contributed by atoms with Crippen molar-refractivity contribution in [3.05, 3.63) is 0 Å². The number of hydrogen-bond donors (Lipinski definition) is 3. The molecule has 1 amide bonds. The van der Waals surface area contributed by atoms with Crippen LogP contribution < -0.4 is 16.0 Å². The van der Waals surface area contributed by atoms with Gasteiger partial charge in [-0.25, -0.2) is 4.79 Å². The van der Waals surface area contributed by atoms with E-state index in [2.05, 4.69) is 22.2 Å². The van der Waals surface area contributed by atoms with E-state index in [4.69, 9.17) is 14.5 Å². The van der Waals surface area contributed by atoms with E-state index in [0.717, 1.165) is 45.1 Å². The topological polar surface area (TPSA) is 84.0 Å². The van der Waals surface area contributed by atoms with Crippen LogP contribution in [0.4, 0.5) is 4.79 Å². The van der Waals surface area contributed by atoms with Crippen molar-refractivity contribution in [2.45, 2.75) is 50.9 Å². The van der Waals surface area contributed by atoms with Gasteiger partial charge < -0.3 is 25.4 Å². The Morgan fingerprint density at radius 2 is 1.81 bits per heavy atom. The zero-order chi connectivity index (χ0) is 18.8. The lowest BCUT2D eigenvalue weighted by molar-refractivity contribution is 0.0529. The van der Waals surface area contributed by atoms with E-state index in [1.807, 2.05) is 39.5 Å². The maximum atomic E-state index is 11.6. The molecular weight excluding hydrogens is 467 g/mol. The molecule has 0 aromatic heterocycles. The number of carbonyl (C=O) groups excluding carboxylic acids is 1. The molecule has 0 atom stereocenters. The van der Waals surface area contributed by atoms with Crippen LogP contribution in [0.5, 0.6) is 0 Å². The summed E-state index contributed by atoms with van der Waals surface area (Å²) in [5.74, 6) is 0.772. The van der Waals surface area contributed by atoms with Crippen molar-refractivity contribution in [1.82, 2.24) is 16.0 Å². The highest BCUT2D eigenvalue weighted by Crippen LogP contribution is 2.33. The first-order valence-electron chi connectivity index (χ1n) is 8.92. The van der Waals surface area contributed by atoms with Gasteiger partial charge in [0.05, 0.1) is 6.54 Å². The predicted molar refractivity (Wildman–Crippen MR) is 120 cm³/mol. The summed E-state index contributed by atoms with van der Waals surface area (Å²) in [5, 5.41) is 9.23. The Morgan fingerprint density at radius 1 is 1.19 bits per heavy atom. The van der Waals surface area contributed by atoms with Crippen LogP contribution in [0, 0.1) is 0 Å². The molecule has 26 heavy (non-hydrogen) atoms. The van der Waals surface area contributed by atoms with Crippen LogP contribution in [0.1, 0.15) is 40.5 Å². The number of carbonyl (C=O) groups is 1. The zero-order valence-electron chi connectivity index (χ0n) is 16.6. The maximum Gasteiger partial charge on any atom is 0.407 e. The number of ether oxygens (including phenoxy) is 2. The Bertz CT molecular complexity index is 438. The molecule has 9 heteroatoms. The molecule has 154 valence electrons. The number of hydrogen-bond acceptors (Lipinski definition) is 5. The Kier molecular flexibility index (Phi) is 12.7. The number of nitrogens with one attached hydrogen (secondary N) is 3. The van der Waals surface area contributed by atoms with Crippen LogP contribution in [0.3, 0.4) is 0 Å². The Hall–Kier alpha value is -0.420. The molecule has 0 aromatic rings. The van der Waals surface area contributed by atoms with Crippen LogP contribution in [0.15, 0.2) is 4.99 Å². The molecule has 0 saturated carbocycles. The van der Waals surface area contributed by atoms with Crippen molar-refractivity contribution in [2.24, 2.45) is 4.99 Å². The maximum absolute atomic E-state index is 11.6. The predicted octanol–water partition coefficient (Wildman–Crippen LogP) is 2.60. The van der Waals surface area contributed by atoms with Gasteiger partial charge in [-0.1, -0.05) is 0 Å². The molecule has 0 bridgehead atoms. The van der Waals surface area contributed by atoms with E-state index in [1.54, 1.807) is 0 Å². The van der Waals surface area contributed by atoms with Crippen molar-refractivity contribution in [3.8, 4) is 0 Å². The number of guanidine groups is 1. The molecule has 7 nitrogen and oxygen atoms in total. The van der Waals surface area contributed by atoms with E-state index < -0.39 is 11.7 Å². The van der Waals surface area contributed by atoms with Gasteiger partial charge in [0, 0.05) is 37.6 Å². The first-order valence-corrected chi connectivity index (χ1v) is 10.1. The Morgan fingerprint density at radius 3 is 2.35 bits per heavy atom. The van der Waals surface area contributed by atoms with E-state index in [1.165, 1.54) is 0 Å². The molecule has 1 fully saturated rings. The first kappa shape index (κ1) is 25.6. The summed E-state index contributed by atoms with van der Waals surface area (Å²) in [5.41, 5.74) is -0.482. The molecule has 1 aliphatic heterocycles. The van der Waals surface area contributed by atoms with Crippen molar-refractivity contribution >= 4 is 47.8 Å². The fourth-order valence-corrected chi connectivity index (χ4v) is 3.16. The third-order valence-electron chi connectivity index (χ3n) is 3.79. The number of alkyl carbamates (subject to hydrolysis) is 1. The molecule has 0 aromatic carbocycles. The van der Waals surface area contributed by atoms with E-state index in [9.17, 15) is 4.79 Å². The molecule has 3 N–H and O–H groups in total. The minimum atomic E-state index is -0.482. The Labute approximate surface area is 179 Å². The highest BCUT2D eigenvalue weighted by Gasteiger charge is 2.31. The quantitative estimate of drug-likeness (QED) is 0.215. The standard InChI is InChI=1S/C17H34N4O3S.HI/c1-6-18-14(19-9-10-20-15(22)24-16(2,3)4)21-13-17(25-5)7-11-23-12-8-17;/h6-13H2,1-5H3,(H,20,22)(H2,18,19,21);1H. The summed E-state index contributed by atoms with van der Waals surface area (Å²) in [6.45, 7) is 11.8. The van der Waals surface area contributed by atoms with Crippen LogP contribution in [0.2, 0.25) is 0 Å². The summed E-state index contributed by atoms with van der Waals surface area (Å²) in [4.78, 5) is 16.4. The molecule has 1 aliphatic rings. The van der Waals surface area contributed by atoms with Crippen LogP contribution in [0.25, 0.3) is 0 Å². The number of halogens is 1. The average Bonchev–Trinajstić information content (AvgIpc) is 2.55. The van der Waals surface area contributed by atoms with Crippen molar-refractivity contribution in [1.29, 1.82) is 0 Å². The van der Waals surface area contributed by atoms with Gasteiger partial charge in [0.1, 0.15) is 5.60 Å². The molecule has 0 aliphatic carbocycles. The van der Waals surface area contributed by atoms with Gasteiger partial charge in [-0.2, -0.15) is 11.8 Å². The Balaban J connectivity index is 0.00000625. The SMILES string of the molecule is CCNC(=NCC1(SC)CCOCC1)NCCNC(=O)OC(C)(C)C.I. The van der Waals surface area contributed by atoms with E-state index in [0.29, 0.717) is 13.1 Å². The molecule has 1 saturated heterocycles. The third kappa shape index (κ3) is 10.7. The molecule has 1 heterocycles. The van der Waals surface area contributed by atoms with Crippen LogP contribution >= 0.6 is 35.7 Å². The molecular formula is C17H35IN4O3S. The number of rotatable bonds is 7. The fraction of sp³-hybridized carbons (Fsp3) is 0.882. The number of nitrogens with zero attached hydrogens (tertiary/aromatic N) is 1.